The Morgan fingerprint density at radius 2 is 0.562 bits per heavy atom. The van der Waals surface area contributed by atoms with Crippen LogP contribution in [0.5, 0.6) is 0 Å². The minimum Gasteiger partial charge on any atom is -0.780 e. The van der Waals surface area contributed by atoms with Gasteiger partial charge >= 0.3 is 0 Å². The maximum Gasteiger partial charge on any atom is 0 e. The monoisotopic (exact) mass is 574 g/mol. The molecule has 0 fully saturated rings. The van der Waals surface area contributed by atoms with Crippen molar-refractivity contribution in [3.63, 3.8) is 0 Å². The van der Waals surface area contributed by atoms with Gasteiger partial charge in [0.25, 0.3) is 0 Å². The fourth-order valence-corrected chi connectivity index (χ4v) is 0. The first kappa shape index (κ1) is 26.5. The fraction of sp³-hybridized carbons (Fsp3) is 0. The van der Waals surface area contributed by atoms with E-state index in [4.69, 9.17) is 39.9 Å². The van der Waals surface area contributed by atoms with E-state index >= 15 is 0 Å². The zero-order valence-electron chi connectivity index (χ0n) is 6.62. The summed E-state index contributed by atoms with van der Waals surface area (Å²) >= 11 is 9.73. The summed E-state index contributed by atoms with van der Waals surface area (Å²) in [5.74, 6) is 0. The quantitative estimate of drug-likeness (QED) is 0.285. The third-order valence-corrected chi connectivity index (χ3v) is 0. The van der Waals surface area contributed by atoms with Crippen molar-refractivity contribution < 1.29 is 71.1 Å². The average molecular weight is 574 g/mol. The molecule has 9 nitrogen and oxygen atoms in total. The molecule has 0 aliphatic carbocycles. The van der Waals surface area contributed by atoms with Crippen molar-refractivity contribution >= 4 is 60.7 Å². The molecule has 0 aromatic carbocycles. The van der Waals surface area contributed by atoms with Gasteiger partial charge in [0.05, 0.1) is 0 Å². The van der Waals surface area contributed by atoms with Gasteiger partial charge in [0.2, 0.25) is 0 Å². The Bertz CT molecular complexity index is 341. The van der Waals surface area contributed by atoms with E-state index in [0.717, 1.165) is 0 Å². The zero-order valence-corrected chi connectivity index (χ0v) is 15.7. The van der Waals surface area contributed by atoms with Crippen LogP contribution in [0.25, 0.3) is 0 Å². The predicted octanol–water partition coefficient (Wildman–Crippen LogP) is -3.02. The van der Waals surface area contributed by atoms with Crippen LogP contribution < -0.4 is 0 Å². The Balaban J connectivity index is -0.0000000655. The summed E-state index contributed by atoms with van der Waals surface area (Å²) in [6, 6.07) is 0. The molecule has 0 rings (SSSR count). The van der Waals surface area contributed by atoms with Crippen molar-refractivity contribution in [2.75, 3.05) is 0 Å². The van der Waals surface area contributed by atoms with Crippen LogP contribution in [0, 0.1) is 31.1 Å². The van der Waals surface area contributed by atoms with Gasteiger partial charge < -0.3 is 27.3 Å². The molecule has 0 saturated heterocycles. The van der Waals surface area contributed by atoms with Gasteiger partial charge in [-0.1, -0.05) is 0 Å². The van der Waals surface area contributed by atoms with Crippen molar-refractivity contribution in [3.8, 4) is 0 Å². The summed E-state index contributed by atoms with van der Waals surface area (Å²) in [4.78, 5) is 0. The third kappa shape index (κ3) is 960. The summed E-state index contributed by atoms with van der Waals surface area (Å²) in [5.41, 5.74) is 0. The number of hydrogen-bond acceptors (Lipinski definition) is 12. The van der Waals surface area contributed by atoms with E-state index in [-0.39, 0.29) is 31.1 Å². The van der Waals surface area contributed by atoms with E-state index in [1.807, 2.05) is 0 Å². The van der Waals surface area contributed by atoms with Crippen molar-refractivity contribution in [2.45, 2.75) is 0 Å². The van der Waals surface area contributed by atoms with E-state index in [0.29, 0.717) is 0 Å². The van der Waals surface area contributed by atoms with Gasteiger partial charge in [0.15, 0.2) is 0 Å². The molecule has 0 bridgehead atoms. The summed E-state index contributed by atoms with van der Waals surface area (Å²) < 4.78 is 80.0. The van der Waals surface area contributed by atoms with Crippen molar-refractivity contribution in [3.05, 3.63) is 0 Å². The van der Waals surface area contributed by atoms with Crippen LogP contribution >= 0.6 is 0 Å². The maximum absolute atomic E-state index is 8.89. The molecule has 100 valence electrons. The Labute approximate surface area is 130 Å². The Kier molecular flexibility index (Phi) is 17.9. The van der Waals surface area contributed by atoms with Crippen LogP contribution in [-0.2, 0) is 60.7 Å². The summed E-state index contributed by atoms with van der Waals surface area (Å²) in [6.45, 7) is 0. The molecular formula is O9S6U-6. The van der Waals surface area contributed by atoms with Gasteiger partial charge in [-0.3, -0.25) is 12.6 Å². The molecule has 0 heterocycles. The van der Waals surface area contributed by atoms with Crippen molar-refractivity contribution in [2.24, 2.45) is 0 Å². The standard InChI is InChI=1S/3H2O3S2.U/c3*1-5(2,3)4;/h3*(H2,1,2,3,4);/p-6. The van der Waals surface area contributed by atoms with E-state index in [9.17, 15) is 0 Å². The minimum absolute atomic E-state index is 0. The van der Waals surface area contributed by atoms with E-state index in [1.54, 1.807) is 0 Å². The molecular weight excluding hydrogens is 574 g/mol. The topological polar surface area (TPSA) is 190 Å². The van der Waals surface area contributed by atoms with Crippen LogP contribution in [0.15, 0.2) is 0 Å². The largest absolute Gasteiger partial charge is 0.780 e. The van der Waals surface area contributed by atoms with E-state index in [1.165, 1.54) is 0 Å². The summed E-state index contributed by atoms with van der Waals surface area (Å²) in [5, 5.41) is 0. The van der Waals surface area contributed by atoms with Gasteiger partial charge in [0, 0.05) is 31.1 Å². The SMILES string of the molecule is O=S([O-])([O-])=S.O=S([O-])([O-])=S.O=S([O-])([O-])=S.[U]. The average Bonchev–Trinajstić information content (AvgIpc) is 1.41. The predicted molar refractivity (Wildman–Crippen MR) is 51.2 cm³/mol. The second kappa shape index (κ2) is 10.8. The second-order valence-corrected chi connectivity index (χ2v) is 7.35. The molecule has 16 heavy (non-hydrogen) atoms. The summed E-state index contributed by atoms with van der Waals surface area (Å²) in [6.07, 6.45) is 0. The first-order chi connectivity index (χ1) is 6.00. The molecule has 16 heteroatoms. The van der Waals surface area contributed by atoms with Crippen LogP contribution in [-0.4, -0.2) is 39.9 Å². The van der Waals surface area contributed by atoms with Crippen molar-refractivity contribution in [1.82, 2.24) is 0 Å². The maximum atomic E-state index is 8.89. The van der Waals surface area contributed by atoms with Gasteiger partial charge in [-0.25, -0.2) is 0 Å². The molecule has 0 aromatic heterocycles. The Hall–Kier alpha value is 1.92. The second-order valence-electron chi connectivity index (χ2n) is 1.22. The van der Waals surface area contributed by atoms with Gasteiger partial charge in [0.1, 0.15) is 0 Å². The smallest absolute Gasteiger partial charge is 0 e. The normalized spacial score (nSPS) is 10.9. The first-order valence-electron chi connectivity index (χ1n) is 2.00. The molecule has 0 radical (unpaired) electrons. The van der Waals surface area contributed by atoms with E-state index < -0.39 is 27.2 Å². The van der Waals surface area contributed by atoms with Gasteiger partial charge in [-0.05, 0) is 33.6 Å². The molecule has 0 aliphatic rings. The third-order valence-electron chi connectivity index (χ3n) is 0. The molecule has 0 unspecified atom stereocenters. The molecule has 0 aromatic rings. The van der Waals surface area contributed by atoms with E-state index in [2.05, 4.69) is 33.6 Å². The molecule has 0 atom stereocenters. The van der Waals surface area contributed by atoms with Gasteiger partial charge in [-0.2, -0.15) is 0 Å². The zero-order chi connectivity index (χ0) is 13.5. The molecule has 0 amide bonds. The molecule has 0 saturated carbocycles. The van der Waals surface area contributed by atoms with Gasteiger partial charge in [-0.15, -0.1) is 27.2 Å². The number of hydrogen-bond donors (Lipinski definition) is 0. The van der Waals surface area contributed by atoms with Crippen molar-refractivity contribution in [1.29, 1.82) is 0 Å². The summed E-state index contributed by atoms with van der Waals surface area (Å²) in [7, 11) is -13.0. The number of rotatable bonds is 0. The van der Waals surface area contributed by atoms with Crippen LogP contribution in [0.1, 0.15) is 0 Å². The molecule has 0 N–H and O–H groups in total. The molecule has 0 aliphatic heterocycles. The fourth-order valence-electron chi connectivity index (χ4n) is 0. The van der Waals surface area contributed by atoms with Crippen LogP contribution in [0.3, 0.4) is 0 Å². The molecule has 0 spiro atoms. The van der Waals surface area contributed by atoms with Crippen LogP contribution in [0.4, 0.5) is 0 Å². The Morgan fingerprint density at radius 3 is 0.562 bits per heavy atom. The first-order valence-corrected chi connectivity index (χ1v) is 9.00. The minimum atomic E-state index is -4.33. The Morgan fingerprint density at radius 1 is 0.562 bits per heavy atom. The van der Waals surface area contributed by atoms with Crippen LogP contribution in [0.2, 0.25) is 0 Å².